The fourth-order valence-corrected chi connectivity index (χ4v) is 11.4. The number of rotatable bonds is 0. The van der Waals surface area contributed by atoms with Crippen molar-refractivity contribution in [2.45, 2.75) is 112 Å². The molecule has 3 aliphatic heterocycles. The van der Waals surface area contributed by atoms with Crippen LogP contribution in [0, 0.1) is 40.9 Å². The van der Waals surface area contributed by atoms with Crippen LogP contribution in [0.3, 0.4) is 0 Å². The van der Waals surface area contributed by atoms with E-state index in [-0.39, 0.29) is 18.4 Å². The largest absolute Gasteiger partial charge is 0.393 e. The predicted molar refractivity (Wildman–Crippen MR) is 126 cm³/mol. The van der Waals surface area contributed by atoms with E-state index in [1.54, 1.807) is 6.92 Å². The first-order valence-corrected chi connectivity index (χ1v) is 14.1. The highest BCUT2D eigenvalue weighted by Gasteiger charge is 2.86. The Balaban J connectivity index is 1.37. The minimum absolute atomic E-state index is 0.130. The molecule has 9 heteroatoms. The van der Waals surface area contributed by atoms with Crippen LogP contribution in [-0.2, 0) is 4.74 Å². The third-order valence-electron chi connectivity index (χ3n) is 12.8. The predicted octanol–water partition coefficient (Wildman–Crippen LogP) is -0.814. The first kappa shape index (κ1) is 24.7. The average Bonchev–Trinajstić information content (AvgIpc) is 3.08. The van der Waals surface area contributed by atoms with Crippen molar-refractivity contribution in [3.8, 4) is 0 Å². The molecule has 7 fully saturated rings. The number of ether oxygens (including phenoxy) is 1. The molecule has 7 aliphatic rings. The van der Waals surface area contributed by atoms with Gasteiger partial charge in [0.15, 0.2) is 5.79 Å². The van der Waals surface area contributed by atoms with Gasteiger partial charge in [0.2, 0.25) is 0 Å². The lowest BCUT2D eigenvalue weighted by molar-refractivity contribution is -0.295. The molecule has 3 saturated heterocycles. The van der Waals surface area contributed by atoms with Crippen molar-refractivity contribution in [2.75, 3.05) is 13.1 Å². The van der Waals surface area contributed by atoms with Crippen molar-refractivity contribution in [2.24, 2.45) is 40.9 Å². The Morgan fingerprint density at radius 3 is 2.39 bits per heavy atom. The summed E-state index contributed by atoms with van der Waals surface area (Å²) in [4.78, 5) is 2.30. The van der Waals surface area contributed by atoms with Gasteiger partial charge in [0.1, 0.15) is 17.8 Å². The molecule has 3 heterocycles. The summed E-state index contributed by atoms with van der Waals surface area (Å²) in [5, 5.41) is 81.4. The van der Waals surface area contributed by atoms with Crippen LogP contribution in [0.15, 0.2) is 0 Å². The third-order valence-corrected chi connectivity index (χ3v) is 12.8. The summed E-state index contributed by atoms with van der Waals surface area (Å²) < 4.78 is 6.51. The Bertz CT molecular complexity index is 964. The van der Waals surface area contributed by atoms with Crippen molar-refractivity contribution in [1.82, 2.24) is 4.90 Å². The zero-order chi connectivity index (χ0) is 25.8. The first-order valence-electron chi connectivity index (χ1n) is 14.1. The zero-order valence-electron chi connectivity index (χ0n) is 21.5. The van der Waals surface area contributed by atoms with E-state index >= 15 is 0 Å². The molecule has 4 aliphatic carbocycles. The summed E-state index contributed by atoms with van der Waals surface area (Å²) in [5.41, 5.74) is -4.88. The fourth-order valence-electron chi connectivity index (χ4n) is 11.4. The molecular weight excluding hydrogens is 466 g/mol. The Kier molecular flexibility index (Phi) is 4.82. The van der Waals surface area contributed by atoms with E-state index in [9.17, 15) is 35.7 Å². The standard InChI is InChI=1S/C27H43NO8/c1-12-4-5-17-24(3,33)19-13(11-28(17)10-12)14-9-25-21(26(14,34)22(32)20(19)31)15(29)8-16-23(25,2)7-6-18(30)27(16,35)36-25/h12-22,29-35H,4-11H2,1-3H3/t12-,13-,14-,15+,16-,17-,18-,19+,20+,21+,22-,23-,24+,25-,26-,27-/m0/s1. The van der Waals surface area contributed by atoms with Crippen LogP contribution in [0.4, 0.5) is 0 Å². The molecule has 0 aromatic rings. The van der Waals surface area contributed by atoms with Crippen LogP contribution in [0.25, 0.3) is 0 Å². The minimum Gasteiger partial charge on any atom is -0.393 e. The number of piperidine rings is 2. The Morgan fingerprint density at radius 2 is 1.67 bits per heavy atom. The van der Waals surface area contributed by atoms with E-state index in [4.69, 9.17) is 4.74 Å². The fraction of sp³-hybridized carbons (Fsp3) is 1.00. The maximum absolute atomic E-state index is 12.5. The second kappa shape index (κ2) is 7.04. The lowest BCUT2D eigenvalue weighted by atomic mass is 9.49. The molecule has 0 unspecified atom stereocenters. The molecule has 4 saturated carbocycles. The van der Waals surface area contributed by atoms with Gasteiger partial charge in [-0.1, -0.05) is 13.8 Å². The highest BCUT2D eigenvalue weighted by Crippen LogP contribution is 2.76. The molecule has 0 amide bonds. The van der Waals surface area contributed by atoms with Crippen molar-refractivity contribution in [3.05, 3.63) is 0 Å². The Morgan fingerprint density at radius 1 is 0.944 bits per heavy atom. The molecule has 36 heavy (non-hydrogen) atoms. The van der Waals surface area contributed by atoms with E-state index in [1.165, 1.54) is 0 Å². The second-order valence-corrected chi connectivity index (χ2v) is 14.2. The van der Waals surface area contributed by atoms with Gasteiger partial charge in [-0.2, -0.15) is 0 Å². The third kappa shape index (κ3) is 2.46. The van der Waals surface area contributed by atoms with Gasteiger partial charge in [0, 0.05) is 42.3 Å². The van der Waals surface area contributed by atoms with Crippen LogP contribution in [0.5, 0.6) is 0 Å². The lowest BCUT2D eigenvalue weighted by Gasteiger charge is -2.63. The Labute approximate surface area is 212 Å². The highest BCUT2D eigenvalue weighted by molar-refractivity contribution is 5.33. The minimum atomic E-state index is -1.85. The van der Waals surface area contributed by atoms with Gasteiger partial charge < -0.3 is 40.5 Å². The molecule has 0 aromatic heterocycles. The van der Waals surface area contributed by atoms with Crippen LogP contribution in [0.1, 0.15) is 59.3 Å². The summed E-state index contributed by atoms with van der Waals surface area (Å²) in [6, 6.07) is -0.130. The highest BCUT2D eigenvalue weighted by atomic mass is 16.7. The number of fused-ring (bicyclic) bond motifs is 5. The maximum atomic E-state index is 12.5. The first-order chi connectivity index (χ1) is 16.7. The summed E-state index contributed by atoms with van der Waals surface area (Å²) >= 11 is 0. The molecule has 1 spiro atoms. The number of hydrogen-bond donors (Lipinski definition) is 7. The smallest absolute Gasteiger partial charge is 0.196 e. The molecule has 4 bridgehead atoms. The maximum Gasteiger partial charge on any atom is 0.196 e. The van der Waals surface area contributed by atoms with Gasteiger partial charge in [-0.3, -0.25) is 4.90 Å². The molecule has 16 atom stereocenters. The summed E-state index contributed by atoms with van der Waals surface area (Å²) in [6.07, 6.45) is -1.92. The van der Waals surface area contributed by atoms with Gasteiger partial charge >= 0.3 is 0 Å². The molecule has 7 rings (SSSR count). The second-order valence-electron chi connectivity index (χ2n) is 14.2. The molecule has 7 N–H and O–H groups in total. The topological polar surface area (TPSA) is 154 Å². The number of aliphatic hydroxyl groups is 7. The average molecular weight is 510 g/mol. The quantitative estimate of drug-likeness (QED) is 0.222. The normalized spacial score (nSPS) is 68.0. The van der Waals surface area contributed by atoms with Crippen molar-refractivity contribution < 1.29 is 40.5 Å². The number of nitrogens with zero attached hydrogens (tertiary/aromatic N) is 1. The van der Waals surface area contributed by atoms with Gasteiger partial charge in [0.25, 0.3) is 0 Å². The van der Waals surface area contributed by atoms with Crippen LogP contribution >= 0.6 is 0 Å². The van der Waals surface area contributed by atoms with Crippen molar-refractivity contribution in [3.63, 3.8) is 0 Å². The van der Waals surface area contributed by atoms with Crippen LogP contribution in [-0.4, -0.2) is 107 Å². The summed E-state index contributed by atoms with van der Waals surface area (Å²) in [5.74, 6) is -4.29. The van der Waals surface area contributed by atoms with E-state index in [0.717, 1.165) is 19.4 Å². The lowest BCUT2D eigenvalue weighted by Crippen LogP contribution is -2.76. The SMILES string of the molecule is C[C@H]1CC[C@@H]2N(C1)C[C@@H]1[C@H]([C@@H](O)[C@H](O)[C@]3(O)[C@H]1C[C@]14O[C@@]5(O)[C@@H](C[C@@H](O)[C@@H]31)[C@]4(C)CC[C@@H]5O)[C@]2(C)O. The molecule has 0 radical (unpaired) electrons. The molecule has 9 nitrogen and oxygen atoms in total. The van der Waals surface area contributed by atoms with Crippen LogP contribution < -0.4 is 0 Å². The van der Waals surface area contributed by atoms with Crippen LogP contribution in [0.2, 0.25) is 0 Å². The summed E-state index contributed by atoms with van der Waals surface area (Å²) in [6.45, 7) is 7.40. The van der Waals surface area contributed by atoms with Crippen molar-refractivity contribution in [1.29, 1.82) is 0 Å². The van der Waals surface area contributed by atoms with E-state index in [1.807, 2.05) is 6.92 Å². The van der Waals surface area contributed by atoms with E-state index in [0.29, 0.717) is 31.7 Å². The molecular formula is C27H43NO8. The monoisotopic (exact) mass is 509 g/mol. The molecule has 204 valence electrons. The van der Waals surface area contributed by atoms with Gasteiger partial charge in [-0.15, -0.1) is 0 Å². The van der Waals surface area contributed by atoms with E-state index in [2.05, 4.69) is 11.8 Å². The summed E-state index contributed by atoms with van der Waals surface area (Å²) in [7, 11) is 0. The molecule has 0 aromatic carbocycles. The number of aliphatic hydroxyl groups excluding tert-OH is 4. The Hall–Kier alpha value is -0.360. The van der Waals surface area contributed by atoms with Gasteiger partial charge in [-0.25, -0.2) is 0 Å². The van der Waals surface area contributed by atoms with Crippen molar-refractivity contribution >= 4 is 0 Å². The number of hydrogen-bond acceptors (Lipinski definition) is 9. The van der Waals surface area contributed by atoms with E-state index < -0.39 is 76.1 Å². The van der Waals surface area contributed by atoms with Gasteiger partial charge in [-0.05, 0) is 63.2 Å². The van der Waals surface area contributed by atoms with Gasteiger partial charge in [0.05, 0.1) is 23.4 Å². The zero-order valence-corrected chi connectivity index (χ0v) is 21.5.